The number of hydrogen-bond donors (Lipinski definition) is 1. The van der Waals surface area contributed by atoms with E-state index in [1.54, 1.807) is 0 Å². The third-order valence-corrected chi connectivity index (χ3v) is 1.26. The van der Waals surface area contributed by atoms with Crippen molar-refractivity contribution in [2.24, 2.45) is 0 Å². The first kappa shape index (κ1) is 8.90. The molecule has 2 nitrogen and oxygen atoms in total. The van der Waals surface area contributed by atoms with E-state index < -0.39 is 17.2 Å². The number of aromatic nitrogens is 1. The Morgan fingerprint density at radius 3 is 2.42 bits per heavy atom. The van der Waals surface area contributed by atoms with Crippen LogP contribution in [-0.4, -0.2) is 12.8 Å². The molecule has 0 unspecified atom stereocenters. The van der Waals surface area contributed by atoms with Crippen LogP contribution < -0.4 is 11.2 Å². The van der Waals surface area contributed by atoms with E-state index in [1.807, 2.05) is 0 Å². The van der Waals surface area contributed by atoms with Gasteiger partial charge in [0.05, 0.1) is 5.56 Å². The van der Waals surface area contributed by atoms with E-state index in [1.165, 1.54) is 0 Å². The van der Waals surface area contributed by atoms with E-state index in [-0.39, 0.29) is 5.82 Å². The predicted octanol–water partition coefficient (Wildman–Crippen LogP) is 0.476. The van der Waals surface area contributed by atoms with Gasteiger partial charge >= 0.3 is 6.18 Å². The maximum atomic E-state index is 12.1. The van der Waals surface area contributed by atoms with Gasteiger partial charge in [0.1, 0.15) is 13.7 Å². The average molecular weight is 172 g/mol. The van der Waals surface area contributed by atoms with Crippen LogP contribution in [0.3, 0.4) is 0 Å². The second kappa shape index (κ2) is 2.69. The number of pyridine rings is 1. The fraction of sp³-hybridized carbons (Fsp3) is 0.167. The number of nitrogens with two attached hydrogens (primary N) is 1. The summed E-state index contributed by atoms with van der Waals surface area (Å²) in [7, 11) is 5.04. The molecule has 12 heavy (non-hydrogen) atoms. The molecule has 0 bridgehead atoms. The van der Waals surface area contributed by atoms with E-state index in [9.17, 15) is 13.2 Å². The molecule has 2 N–H and O–H groups in total. The van der Waals surface area contributed by atoms with Crippen LogP contribution in [0.1, 0.15) is 5.56 Å². The van der Waals surface area contributed by atoms with Crippen molar-refractivity contribution in [2.75, 3.05) is 5.73 Å². The first-order valence-corrected chi connectivity index (χ1v) is 2.99. The lowest BCUT2D eigenvalue weighted by atomic mass is 9.92. The number of nitrogen functional groups attached to an aromatic ring is 1. The largest absolute Gasteiger partial charge is 0.416 e. The highest BCUT2D eigenvalue weighted by atomic mass is 19.4. The zero-order valence-electron chi connectivity index (χ0n) is 5.89. The SMILES string of the molecule is [B]c1cnc(N)cc1C(F)(F)F. The van der Waals surface area contributed by atoms with Crippen LogP contribution >= 0.6 is 0 Å². The molecule has 0 aromatic carbocycles. The van der Waals surface area contributed by atoms with Crippen molar-refractivity contribution in [3.05, 3.63) is 17.8 Å². The summed E-state index contributed by atoms with van der Waals surface area (Å²) in [6.07, 6.45) is -3.58. The molecule has 0 aliphatic heterocycles. The van der Waals surface area contributed by atoms with Gasteiger partial charge in [0, 0.05) is 6.20 Å². The predicted molar refractivity (Wildman–Crippen MR) is 39.0 cm³/mol. The Morgan fingerprint density at radius 1 is 1.42 bits per heavy atom. The molecule has 0 aliphatic carbocycles. The highest BCUT2D eigenvalue weighted by molar-refractivity contribution is 6.33. The molecule has 0 saturated heterocycles. The fourth-order valence-corrected chi connectivity index (χ4v) is 0.728. The van der Waals surface area contributed by atoms with Gasteiger partial charge in [-0.2, -0.15) is 13.2 Å². The minimum Gasteiger partial charge on any atom is -0.384 e. The van der Waals surface area contributed by atoms with Gasteiger partial charge in [-0.3, -0.25) is 0 Å². The summed E-state index contributed by atoms with van der Waals surface area (Å²) in [5, 5.41) is 0. The lowest BCUT2D eigenvalue weighted by molar-refractivity contribution is -0.136. The van der Waals surface area contributed by atoms with Crippen LogP contribution in [0.5, 0.6) is 0 Å². The first-order chi connectivity index (χ1) is 5.41. The third-order valence-electron chi connectivity index (χ3n) is 1.26. The Bertz CT molecular complexity index is 297. The van der Waals surface area contributed by atoms with Crippen LogP contribution in [-0.2, 0) is 6.18 Å². The summed E-state index contributed by atoms with van der Waals surface area (Å²) in [5.41, 5.74) is 3.69. The standard InChI is InChI=1S/C6H4BF3N2/c7-4-2-12-5(11)1-3(4)6(8,9)10/h1-2H,(H2,11,12). The quantitative estimate of drug-likeness (QED) is 0.577. The number of rotatable bonds is 0. The van der Waals surface area contributed by atoms with Crippen LogP contribution in [0.4, 0.5) is 19.0 Å². The molecule has 0 spiro atoms. The molecule has 1 heterocycles. The molecular formula is C6H4BF3N2. The van der Waals surface area contributed by atoms with Crippen LogP contribution in [0.25, 0.3) is 0 Å². The van der Waals surface area contributed by atoms with Crippen LogP contribution in [0.15, 0.2) is 12.3 Å². The zero-order chi connectivity index (χ0) is 9.35. The van der Waals surface area contributed by atoms with Crippen LogP contribution in [0, 0.1) is 0 Å². The Labute approximate surface area is 68.0 Å². The Hall–Kier alpha value is -1.20. The van der Waals surface area contributed by atoms with E-state index >= 15 is 0 Å². The van der Waals surface area contributed by atoms with E-state index in [0.29, 0.717) is 6.07 Å². The number of nitrogens with zero attached hydrogens (tertiary/aromatic N) is 1. The summed E-state index contributed by atoms with van der Waals surface area (Å²) in [5.74, 6) is -0.198. The van der Waals surface area contributed by atoms with Gasteiger partial charge in [-0.25, -0.2) is 4.98 Å². The van der Waals surface area contributed by atoms with Crippen molar-refractivity contribution in [2.45, 2.75) is 6.18 Å². The number of alkyl halides is 3. The minimum absolute atomic E-state index is 0.198. The highest BCUT2D eigenvalue weighted by Gasteiger charge is 2.32. The number of halogens is 3. The smallest absolute Gasteiger partial charge is 0.384 e. The molecule has 1 rings (SSSR count). The van der Waals surface area contributed by atoms with Gasteiger partial charge in [-0.05, 0) is 6.07 Å². The monoisotopic (exact) mass is 172 g/mol. The summed E-state index contributed by atoms with van der Waals surface area (Å²) in [6, 6.07) is 0.704. The Morgan fingerprint density at radius 2 is 2.00 bits per heavy atom. The average Bonchev–Trinajstić information content (AvgIpc) is 1.92. The van der Waals surface area contributed by atoms with Crippen molar-refractivity contribution in [3.63, 3.8) is 0 Å². The summed E-state index contributed by atoms with van der Waals surface area (Å²) >= 11 is 0. The van der Waals surface area contributed by atoms with Gasteiger partial charge < -0.3 is 5.73 Å². The maximum absolute atomic E-state index is 12.1. The second-order valence-corrected chi connectivity index (χ2v) is 2.19. The summed E-state index contributed by atoms with van der Waals surface area (Å²) in [6.45, 7) is 0. The van der Waals surface area contributed by atoms with Gasteiger partial charge in [-0.15, -0.1) is 0 Å². The zero-order valence-corrected chi connectivity index (χ0v) is 5.89. The summed E-state index contributed by atoms with van der Waals surface area (Å²) in [4.78, 5) is 3.41. The molecule has 1 aromatic heterocycles. The molecule has 0 aliphatic rings. The summed E-state index contributed by atoms with van der Waals surface area (Å²) < 4.78 is 36.2. The van der Waals surface area contributed by atoms with Gasteiger partial charge in [0.2, 0.25) is 0 Å². The van der Waals surface area contributed by atoms with Crippen molar-refractivity contribution < 1.29 is 13.2 Å². The molecule has 62 valence electrons. The second-order valence-electron chi connectivity index (χ2n) is 2.19. The first-order valence-electron chi connectivity index (χ1n) is 2.99. The molecular weight excluding hydrogens is 168 g/mol. The van der Waals surface area contributed by atoms with E-state index in [4.69, 9.17) is 13.6 Å². The third kappa shape index (κ3) is 1.69. The Kier molecular flexibility index (Phi) is 2.00. The maximum Gasteiger partial charge on any atom is 0.416 e. The van der Waals surface area contributed by atoms with Crippen molar-refractivity contribution in [3.8, 4) is 0 Å². The lowest BCUT2D eigenvalue weighted by Crippen LogP contribution is -2.20. The fourth-order valence-electron chi connectivity index (χ4n) is 0.728. The Balaban J connectivity index is 3.23. The van der Waals surface area contributed by atoms with Crippen molar-refractivity contribution >= 4 is 19.1 Å². The molecule has 0 fully saturated rings. The van der Waals surface area contributed by atoms with Crippen LogP contribution in [0.2, 0.25) is 0 Å². The topological polar surface area (TPSA) is 38.9 Å². The van der Waals surface area contributed by atoms with Gasteiger partial charge in [-0.1, -0.05) is 5.46 Å². The van der Waals surface area contributed by atoms with Crippen molar-refractivity contribution in [1.29, 1.82) is 0 Å². The molecule has 0 atom stereocenters. The minimum atomic E-state index is -4.47. The molecule has 6 heteroatoms. The lowest BCUT2D eigenvalue weighted by Gasteiger charge is -2.09. The highest BCUT2D eigenvalue weighted by Crippen LogP contribution is 2.27. The number of anilines is 1. The normalized spacial score (nSPS) is 11.6. The van der Waals surface area contributed by atoms with Gasteiger partial charge in [0.15, 0.2) is 0 Å². The van der Waals surface area contributed by atoms with E-state index in [0.717, 1.165) is 6.20 Å². The molecule has 0 saturated carbocycles. The molecule has 2 radical (unpaired) electrons. The molecule has 0 amide bonds. The number of hydrogen-bond acceptors (Lipinski definition) is 2. The van der Waals surface area contributed by atoms with Crippen molar-refractivity contribution in [1.82, 2.24) is 4.98 Å². The van der Waals surface area contributed by atoms with Gasteiger partial charge in [0.25, 0.3) is 0 Å². The van der Waals surface area contributed by atoms with E-state index in [2.05, 4.69) is 4.98 Å². The molecule has 1 aromatic rings.